The molecule has 16 heavy (non-hydrogen) atoms. The van der Waals surface area contributed by atoms with Crippen LogP contribution >= 0.6 is 15.9 Å². The van der Waals surface area contributed by atoms with E-state index in [9.17, 15) is 0 Å². The summed E-state index contributed by atoms with van der Waals surface area (Å²) in [5, 5.41) is 7.90. The maximum Gasteiger partial charge on any atom is 0.165 e. The smallest absolute Gasteiger partial charge is 0.165 e. The molecule has 1 aliphatic carbocycles. The van der Waals surface area contributed by atoms with Crippen molar-refractivity contribution in [3.8, 4) is 0 Å². The zero-order valence-corrected chi connectivity index (χ0v) is 10.4. The largest absolute Gasteiger partial charge is 0.307 e. The number of hydrogen-bond acceptors (Lipinski definition) is 3. The molecule has 0 atom stereocenters. The Morgan fingerprint density at radius 1 is 1.44 bits per heavy atom. The number of pyridine rings is 1. The Balaban J connectivity index is 1.79. The highest BCUT2D eigenvalue weighted by Crippen LogP contribution is 2.18. The molecule has 1 aliphatic rings. The van der Waals surface area contributed by atoms with E-state index in [1.807, 2.05) is 22.7 Å². The molecule has 3 rings (SSSR count). The van der Waals surface area contributed by atoms with Crippen LogP contribution in [-0.2, 0) is 6.54 Å². The Labute approximate surface area is 102 Å². The summed E-state index contributed by atoms with van der Waals surface area (Å²) in [6, 6.07) is 6.57. The van der Waals surface area contributed by atoms with E-state index in [0.717, 1.165) is 22.6 Å². The van der Waals surface area contributed by atoms with Crippen LogP contribution < -0.4 is 5.32 Å². The summed E-state index contributed by atoms with van der Waals surface area (Å²) in [5.41, 5.74) is 0.889. The van der Waals surface area contributed by atoms with Crippen LogP contribution in [0.3, 0.4) is 0 Å². The number of rotatable bonds is 3. The molecule has 5 heteroatoms. The normalized spacial score (nSPS) is 16.6. The lowest BCUT2D eigenvalue weighted by atomic mass is 9.93. The van der Waals surface area contributed by atoms with Crippen LogP contribution in [0, 0.1) is 0 Å². The van der Waals surface area contributed by atoms with Gasteiger partial charge in [-0.25, -0.2) is 9.50 Å². The summed E-state index contributed by atoms with van der Waals surface area (Å²) in [6.07, 6.45) is 3.93. The molecule has 0 spiro atoms. The van der Waals surface area contributed by atoms with E-state index in [0.29, 0.717) is 6.04 Å². The van der Waals surface area contributed by atoms with Crippen LogP contribution in [0.1, 0.15) is 25.1 Å². The van der Waals surface area contributed by atoms with Crippen LogP contribution in [0.5, 0.6) is 0 Å². The molecule has 84 valence electrons. The van der Waals surface area contributed by atoms with E-state index < -0.39 is 0 Å². The van der Waals surface area contributed by atoms with Gasteiger partial charge >= 0.3 is 0 Å². The van der Waals surface area contributed by atoms with Crippen LogP contribution in [0.4, 0.5) is 0 Å². The lowest BCUT2D eigenvalue weighted by Crippen LogP contribution is -2.34. The van der Waals surface area contributed by atoms with Gasteiger partial charge in [-0.15, -0.1) is 5.10 Å². The average Bonchev–Trinajstić information content (AvgIpc) is 2.60. The molecule has 0 aromatic carbocycles. The maximum atomic E-state index is 4.46. The monoisotopic (exact) mass is 280 g/mol. The molecule has 0 radical (unpaired) electrons. The van der Waals surface area contributed by atoms with Crippen molar-refractivity contribution in [1.29, 1.82) is 0 Å². The Bertz CT molecular complexity index is 504. The van der Waals surface area contributed by atoms with Gasteiger partial charge in [-0.05, 0) is 40.9 Å². The van der Waals surface area contributed by atoms with E-state index >= 15 is 0 Å². The third kappa shape index (κ3) is 1.85. The van der Waals surface area contributed by atoms with Gasteiger partial charge in [0.05, 0.1) is 6.54 Å². The molecular formula is C11H13BrN4. The minimum Gasteiger partial charge on any atom is -0.307 e. The summed E-state index contributed by atoms with van der Waals surface area (Å²) in [5.74, 6) is 0.860. The topological polar surface area (TPSA) is 42.2 Å². The Hall–Kier alpha value is -0.940. The van der Waals surface area contributed by atoms with Crippen molar-refractivity contribution < 1.29 is 0 Å². The summed E-state index contributed by atoms with van der Waals surface area (Å²) in [6.45, 7) is 0.763. The van der Waals surface area contributed by atoms with Gasteiger partial charge in [0.2, 0.25) is 0 Å². The van der Waals surface area contributed by atoms with E-state index in [2.05, 4.69) is 31.3 Å². The number of hydrogen-bond donors (Lipinski definition) is 1. The second-order valence-electron chi connectivity index (χ2n) is 4.16. The summed E-state index contributed by atoms with van der Waals surface area (Å²) in [4.78, 5) is 4.46. The molecule has 0 saturated heterocycles. The molecule has 0 amide bonds. The fourth-order valence-electron chi connectivity index (χ4n) is 1.84. The fourth-order valence-corrected chi connectivity index (χ4v) is 2.25. The van der Waals surface area contributed by atoms with Crippen LogP contribution in [0.15, 0.2) is 22.8 Å². The van der Waals surface area contributed by atoms with Gasteiger partial charge in [0, 0.05) is 6.04 Å². The number of nitrogens with one attached hydrogen (secondary N) is 1. The summed E-state index contributed by atoms with van der Waals surface area (Å²) in [7, 11) is 0. The highest BCUT2D eigenvalue weighted by molar-refractivity contribution is 9.10. The van der Waals surface area contributed by atoms with Crippen molar-refractivity contribution in [2.45, 2.75) is 31.8 Å². The number of aromatic nitrogens is 3. The molecule has 4 nitrogen and oxygen atoms in total. The first-order valence-electron chi connectivity index (χ1n) is 5.56. The third-order valence-corrected chi connectivity index (χ3v) is 3.61. The van der Waals surface area contributed by atoms with Crippen molar-refractivity contribution in [2.75, 3.05) is 0 Å². The lowest BCUT2D eigenvalue weighted by molar-refractivity contribution is 0.335. The second-order valence-corrected chi connectivity index (χ2v) is 4.97. The first-order valence-corrected chi connectivity index (χ1v) is 6.36. The maximum absolute atomic E-state index is 4.46. The summed E-state index contributed by atoms with van der Waals surface area (Å²) < 4.78 is 2.75. The third-order valence-electron chi connectivity index (χ3n) is 3.01. The average molecular weight is 281 g/mol. The molecule has 0 aliphatic heterocycles. The molecule has 1 fully saturated rings. The van der Waals surface area contributed by atoms with Crippen molar-refractivity contribution in [3.05, 3.63) is 28.6 Å². The van der Waals surface area contributed by atoms with E-state index in [1.165, 1.54) is 19.3 Å². The lowest BCUT2D eigenvalue weighted by Gasteiger charge is -2.25. The molecular weight excluding hydrogens is 268 g/mol. The van der Waals surface area contributed by atoms with E-state index in [4.69, 9.17) is 0 Å². The Kier molecular flexibility index (Phi) is 2.65. The quantitative estimate of drug-likeness (QED) is 0.876. The van der Waals surface area contributed by atoms with Crippen molar-refractivity contribution in [2.24, 2.45) is 0 Å². The minimum absolute atomic E-state index is 0.676. The van der Waals surface area contributed by atoms with E-state index in [-0.39, 0.29) is 0 Å². The van der Waals surface area contributed by atoms with Gasteiger partial charge in [-0.1, -0.05) is 12.5 Å². The Morgan fingerprint density at radius 3 is 3.00 bits per heavy atom. The number of fused-ring (bicyclic) bond motifs is 1. The molecule has 1 saturated carbocycles. The van der Waals surface area contributed by atoms with Crippen LogP contribution in [0.2, 0.25) is 0 Å². The zero-order valence-electron chi connectivity index (χ0n) is 8.86. The fraction of sp³-hybridized carbons (Fsp3) is 0.455. The van der Waals surface area contributed by atoms with Crippen molar-refractivity contribution >= 4 is 21.6 Å². The van der Waals surface area contributed by atoms with Gasteiger partial charge in [-0.2, -0.15) is 0 Å². The Morgan fingerprint density at radius 2 is 2.31 bits per heavy atom. The minimum atomic E-state index is 0.676. The van der Waals surface area contributed by atoms with Crippen molar-refractivity contribution in [1.82, 2.24) is 19.9 Å². The van der Waals surface area contributed by atoms with Gasteiger partial charge in [-0.3, -0.25) is 0 Å². The predicted octanol–water partition coefficient (Wildman–Crippen LogP) is 2.13. The highest BCUT2D eigenvalue weighted by atomic mass is 79.9. The SMILES string of the molecule is Brc1cccc2nc(CNC3CCC3)nn12. The number of halogens is 1. The first kappa shape index (κ1) is 10.2. The molecule has 2 aromatic rings. The molecule has 2 heterocycles. The first-order chi connectivity index (χ1) is 7.83. The molecule has 1 N–H and O–H groups in total. The molecule has 2 aromatic heterocycles. The van der Waals surface area contributed by atoms with Gasteiger partial charge in [0.15, 0.2) is 11.5 Å². The van der Waals surface area contributed by atoms with Gasteiger partial charge in [0.25, 0.3) is 0 Å². The summed E-state index contributed by atoms with van der Waals surface area (Å²) >= 11 is 3.46. The highest BCUT2D eigenvalue weighted by Gasteiger charge is 2.17. The molecule has 0 bridgehead atoms. The predicted molar refractivity (Wildman–Crippen MR) is 65.2 cm³/mol. The van der Waals surface area contributed by atoms with E-state index in [1.54, 1.807) is 0 Å². The second kappa shape index (κ2) is 4.14. The van der Waals surface area contributed by atoms with Crippen LogP contribution in [-0.4, -0.2) is 20.6 Å². The van der Waals surface area contributed by atoms with Crippen molar-refractivity contribution in [3.63, 3.8) is 0 Å². The zero-order chi connectivity index (χ0) is 11.0. The van der Waals surface area contributed by atoms with Gasteiger partial charge < -0.3 is 5.32 Å². The standard InChI is InChI=1S/C11H13BrN4/c12-9-5-2-6-11-14-10(15-16(9)11)7-13-8-3-1-4-8/h2,5-6,8,13H,1,3-4,7H2. The molecule has 0 unspecified atom stereocenters. The van der Waals surface area contributed by atoms with Crippen LogP contribution in [0.25, 0.3) is 5.65 Å². The number of nitrogens with zero attached hydrogens (tertiary/aromatic N) is 3. The van der Waals surface area contributed by atoms with Gasteiger partial charge in [0.1, 0.15) is 4.60 Å².